The van der Waals surface area contributed by atoms with E-state index in [4.69, 9.17) is 23.2 Å². The highest BCUT2D eigenvalue weighted by Gasteiger charge is 2.24. The standard InChI is InChI=1S/C21H26Cl2N4O3S2/c1-26(13-9-15-5-7-16(8-6-15)21-24-10-11-25-21)18(28)4-3-12-27(2)32(29,30)19-14-17(22)20(23)31-19/h5-8,14H,3-4,9-13H2,1-2H3,(H,24,25). The first-order chi connectivity index (χ1) is 15.2. The smallest absolute Gasteiger partial charge is 0.252 e. The van der Waals surface area contributed by atoms with E-state index in [1.54, 1.807) is 11.9 Å². The number of rotatable bonds is 10. The van der Waals surface area contributed by atoms with Crippen LogP contribution in [-0.2, 0) is 21.2 Å². The second kappa shape index (κ2) is 11.0. The fourth-order valence-electron chi connectivity index (χ4n) is 3.21. The van der Waals surface area contributed by atoms with Gasteiger partial charge in [0.05, 0.1) is 11.6 Å². The summed E-state index contributed by atoms with van der Waals surface area (Å²) in [5.74, 6) is 0.917. The Morgan fingerprint density at radius 1 is 1.19 bits per heavy atom. The maximum atomic E-state index is 12.6. The molecule has 0 spiro atoms. The molecule has 1 aromatic carbocycles. The van der Waals surface area contributed by atoms with Crippen molar-refractivity contribution in [2.75, 3.05) is 40.3 Å². The minimum absolute atomic E-state index is 0.0147. The van der Waals surface area contributed by atoms with Crippen LogP contribution in [0.25, 0.3) is 0 Å². The third-order valence-corrected chi connectivity index (χ3v) is 9.39. The number of amides is 1. The largest absolute Gasteiger partial charge is 0.368 e. The molecule has 1 aromatic heterocycles. The highest BCUT2D eigenvalue weighted by atomic mass is 35.5. The van der Waals surface area contributed by atoms with E-state index in [0.717, 1.165) is 47.8 Å². The van der Waals surface area contributed by atoms with Crippen molar-refractivity contribution in [2.45, 2.75) is 23.5 Å². The van der Waals surface area contributed by atoms with Crippen molar-refractivity contribution in [2.24, 2.45) is 4.99 Å². The molecule has 0 aliphatic carbocycles. The molecule has 174 valence electrons. The maximum absolute atomic E-state index is 12.6. The molecule has 2 heterocycles. The molecular weight excluding hydrogens is 491 g/mol. The molecule has 0 bridgehead atoms. The van der Waals surface area contributed by atoms with Crippen LogP contribution in [0.1, 0.15) is 24.0 Å². The lowest BCUT2D eigenvalue weighted by Crippen LogP contribution is -2.31. The first kappa shape index (κ1) is 25.0. The molecule has 7 nitrogen and oxygen atoms in total. The topological polar surface area (TPSA) is 82.1 Å². The summed E-state index contributed by atoms with van der Waals surface area (Å²) in [5.41, 5.74) is 2.22. The van der Waals surface area contributed by atoms with Gasteiger partial charge in [0.25, 0.3) is 10.0 Å². The van der Waals surface area contributed by atoms with Gasteiger partial charge in [-0.25, -0.2) is 12.7 Å². The van der Waals surface area contributed by atoms with Crippen LogP contribution in [0.15, 0.2) is 39.5 Å². The van der Waals surface area contributed by atoms with Crippen LogP contribution < -0.4 is 5.32 Å². The van der Waals surface area contributed by atoms with Gasteiger partial charge < -0.3 is 10.2 Å². The van der Waals surface area contributed by atoms with Gasteiger partial charge in [0, 0.05) is 45.7 Å². The van der Waals surface area contributed by atoms with Crippen molar-refractivity contribution in [3.8, 4) is 0 Å². The van der Waals surface area contributed by atoms with Gasteiger partial charge in [-0.05, 0) is 24.5 Å². The fraction of sp³-hybridized carbons (Fsp3) is 0.429. The molecule has 1 aliphatic heterocycles. The van der Waals surface area contributed by atoms with Gasteiger partial charge in [0.15, 0.2) is 0 Å². The minimum Gasteiger partial charge on any atom is -0.368 e. The molecule has 0 radical (unpaired) electrons. The summed E-state index contributed by atoms with van der Waals surface area (Å²) in [5, 5.41) is 3.47. The summed E-state index contributed by atoms with van der Waals surface area (Å²) >= 11 is 12.7. The number of thiophene rings is 1. The van der Waals surface area contributed by atoms with Crippen LogP contribution in [0.2, 0.25) is 9.36 Å². The summed E-state index contributed by atoms with van der Waals surface area (Å²) in [6.45, 7) is 2.51. The summed E-state index contributed by atoms with van der Waals surface area (Å²) in [6.07, 6.45) is 1.44. The lowest BCUT2D eigenvalue weighted by molar-refractivity contribution is -0.130. The quantitative estimate of drug-likeness (QED) is 0.523. The summed E-state index contributed by atoms with van der Waals surface area (Å²) in [4.78, 5) is 18.5. The van der Waals surface area contributed by atoms with Crippen molar-refractivity contribution in [3.63, 3.8) is 0 Å². The Hall–Kier alpha value is -1.65. The maximum Gasteiger partial charge on any atom is 0.252 e. The monoisotopic (exact) mass is 516 g/mol. The number of amidine groups is 1. The van der Waals surface area contributed by atoms with Gasteiger partial charge in [0.2, 0.25) is 5.91 Å². The number of aliphatic imine (C=N–C) groups is 1. The van der Waals surface area contributed by atoms with Gasteiger partial charge in [-0.15, -0.1) is 11.3 Å². The first-order valence-corrected chi connectivity index (χ1v) is 13.2. The zero-order chi connectivity index (χ0) is 23.3. The Balaban J connectivity index is 1.42. The second-order valence-electron chi connectivity index (χ2n) is 7.54. The average molecular weight is 518 g/mol. The van der Waals surface area contributed by atoms with E-state index in [0.29, 0.717) is 13.0 Å². The van der Waals surface area contributed by atoms with E-state index in [1.807, 2.05) is 12.1 Å². The number of nitrogens with one attached hydrogen (secondary N) is 1. The lowest BCUT2D eigenvalue weighted by Gasteiger charge is -2.19. The van der Waals surface area contributed by atoms with Crippen molar-refractivity contribution in [1.82, 2.24) is 14.5 Å². The molecule has 0 fully saturated rings. The molecule has 2 aromatic rings. The predicted octanol–water partition coefficient (Wildman–Crippen LogP) is 3.51. The number of hydrogen-bond acceptors (Lipinski definition) is 6. The molecule has 0 unspecified atom stereocenters. The molecule has 3 rings (SSSR count). The van der Waals surface area contributed by atoms with Gasteiger partial charge in [-0.2, -0.15) is 0 Å². The number of carbonyl (C=O) groups excluding carboxylic acids is 1. The van der Waals surface area contributed by atoms with E-state index in [1.165, 1.54) is 17.4 Å². The van der Waals surface area contributed by atoms with Crippen LogP contribution in [0.3, 0.4) is 0 Å². The van der Waals surface area contributed by atoms with Crippen LogP contribution >= 0.6 is 34.5 Å². The number of hydrogen-bond donors (Lipinski definition) is 1. The Kier molecular flexibility index (Phi) is 8.57. The Morgan fingerprint density at radius 3 is 2.50 bits per heavy atom. The van der Waals surface area contributed by atoms with Crippen molar-refractivity contribution in [1.29, 1.82) is 0 Å². The summed E-state index contributed by atoms with van der Waals surface area (Å²) in [6, 6.07) is 9.54. The zero-order valence-electron chi connectivity index (χ0n) is 18.0. The van der Waals surface area contributed by atoms with Crippen LogP contribution in [-0.4, -0.2) is 69.6 Å². The van der Waals surface area contributed by atoms with E-state index in [9.17, 15) is 13.2 Å². The van der Waals surface area contributed by atoms with Gasteiger partial charge >= 0.3 is 0 Å². The van der Waals surface area contributed by atoms with E-state index >= 15 is 0 Å². The molecule has 1 amide bonds. The van der Waals surface area contributed by atoms with Crippen LogP contribution in [0.5, 0.6) is 0 Å². The normalized spacial score (nSPS) is 13.8. The van der Waals surface area contributed by atoms with E-state index < -0.39 is 10.0 Å². The van der Waals surface area contributed by atoms with Crippen molar-refractivity contribution in [3.05, 3.63) is 50.8 Å². The van der Waals surface area contributed by atoms with E-state index in [-0.39, 0.29) is 32.4 Å². The lowest BCUT2D eigenvalue weighted by atomic mass is 10.1. The number of halogens is 2. The zero-order valence-corrected chi connectivity index (χ0v) is 21.1. The molecular formula is C21H26Cl2N4O3S2. The van der Waals surface area contributed by atoms with Crippen LogP contribution in [0, 0.1) is 0 Å². The van der Waals surface area contributed by atoms with E-state index in [2.05, 4.69) is 22.4 Å². The number of benzene rings is 1. The molecule has 0 atom stereocenters. The first-order valence-electron chi connectivity index (χ1n) is 10.2. The highest BCUT2D eigenvalue weighted by molar-refractivity contribution is 7.91. The second-order valence-corrected chi connectivity index (χ2v) is 11.9. The molecule has 1 N–H and O–H groups in total. The molecule has 32 heavy (non-hydrogen) atoms. The number of likely N-dealkylation sites (N-methyl/N-ethyl adjacent to an activating group) is 1. The average Bonchev–Trinajstić information content (AvgIpc) is 3.42. The number of sulfonamides is 1. The van der Waals surface area contributed by atoms with Crippen LogP contribution in [0.4, 0.5) is 0 Å². The SMILES string of the molecule is CN(CCc1ccc(C2=NCCN2)cc1)C(=O)CCCN(C)S(=O)(=O)c1cc(Cl)c(Cl)s1. The number of carbonyl (C=O) groups is 1. The minimum atomic E-state index is -3.67. The third-order valence-electron chi connectivity index (χ3n) is 5.21. The van der Waals surface area contributed by atoms with Crippen molar-refractivity contribution >= 4 is 56.3 Å². The Morgan fingerprint density at radius 2 is 1.91 bits per heavy atom. The summed E-state index contributed by atoms with van der Waals surface area (Å²) < 4.78 is 26.7. The van der Waals surface area contributed by atoms with Gasteiger partial charge in [-0.3, -0.25) is 9.79 Å². The molecule has 11 heteroatoms. The highest BCUT2D eigenvalue weighted by Crippen LogP contribution is 2.35. The Bertz CT molecular complexity index is 1070. The summed E-state index contributed by atoms with van der Waals surface area (Å²) in [7, 11) is -0.414. The molecule has 0 saturated heterocycles. The third kappa shape index (κ3) is 6.23. The fourth-order valence-corrected chi connectivity index (χ4v) is 6.52. The van der Waals surface area contributed by atoms with Gasteiger partial charge in [-0.1, -0.05) is 47.5 Å². The number of nitrogens with zero attached hydrogens (tertiary/aromatic N) is 3. The van der Waals surface area contributed by atoms with Gasteiger partial charge in [0.1, 0.15) is 14.4 Å². The molecule has 0 saturated carbocycles. The van der Waals surface area contributed by atoms with Crippen molar-refractivity contribution < 1.29 is 13.2 Å². The predicted molar refractivity (Wildman–Crippen MR) is 131 cm³/mol. The molecule has 1 aliphatic rings. The Labute approximate surface area is 203 Å².